The highest BCUT2D eigenvalue weighted by Gasteiger charge is 2.14. The molecular formula is C21H18N4O2. The van der Waals surface area contributed by atoms with Gasteiger partial charge in [0.1, 0.15) is 28.5 Å². The largest absolute Gasteiger partial charge is 0.497 e. The maximum Gasteiger partial charge on any atom is 0.187 e. The Morgan fingerprint density at radius 3 is 2.37 bits per heavy atom. The molecule has 0 spiro atoms. The van der Waals surface area contributed by atoms with Gasteiger partial charge in [-0.1, -0.05) is 18.2 Å². The van der Waals surface area contributed by atoms with Crippen molar-refractivity contribution in [2.24, 2.45) is 10.2 Å². The molecule has 6 nitrogen and oxygen atoms in total. The highest BCUT2D eigenvalue weighted by Crippen LogP contribution is 2.34. The van der Waals surface area contributed by atoms with Gasteiger partial charge in [0.05, 0.1) is 14.2 Å². The van der Waals surface area contributed by atoms with Crippen LogP contribution in [-0.2, 0) is 0 Å². The number of imidazole rings is 1. The first kappa shape index (κ1) is 16.8. The third kappa shape index (κ3) is 3.25. The summed E-state index contributed by atoms with van der Waals surface area (Å²) in [6.45, 7) is 0. The van der Waals surface area contributed by atoms with Gasteiger partial charge in [0.25, 0.3) is 0 Å². The van der Waals surface area contributed by atoms with Gasteiger partial charge in [-0.25, -0.2) is 4.98 Å². The quantitative estimate of drug-likeness (QED) is 0.447. The maximum absolute atomic E-state index is 5.35. The Morgan fingerprint density at radius 1 is 0.815 bits per heavy atom. The van der Waals surface area contributed by atoms with Gasteiger partial charge in [0, 0.05) is 11.8 Å². The third-order valence-electron chi connectivity index (χ3n) is 4.21. The van der Waals surface area contributed by atoms with Crippen LogP contribution in [0.1, 0.15) is 0 Å². The van der Waals surface area contributed by atoms with Crippen LogP contribution in [0.4, 0.5) is 11.5 Å². The van der Waals surface area contributed by atoms with E-state index in [1.54, 1.807) is 14.2 Å². The molecule has 0 amide bonds. The Morgan fingerprint density at radius 2 is 1.59 bits per heavy atom. The predicted octanol–water partition coefficient (Wildman–Crippen LogP) is 5.43. The van der Waals surface area contributed by atoms with Crippen LogP contribution in [0.15, 0.2) is 83.2 Å². The van der Waals surface area contributed by atoms with Gasteiger partial charge in [0.2, 0.25) is 0 Å². The molecular weight excluding hydrogens is 340 g/mol. The summed E-state index contributed by atoms with van der Waals surface area (Å²) in [5.74, 6) is 2.11. The van der Waals surface area contributed by atoms with Crippen LogP contribution in [0, 0.1) is 0 Å². The Hall–Kier alpha value is -3.67. The molecule has 0 radical (unpaired) electrons. The normalized spacial score (nSPS) is 11.2. The van der Waals surface area contributed by atoms with Crippen LogP contribution in [0.3, 0.4) is 0 Å². The fraction of sp³-hybridized carbons (Fsp3) is 0.0952. The number of rotatable bonds is 5. The predicted molar refractivity (Wildman–Crippen MR) is 104 cm³/mol. The topological polar surface area (TPSA) is 60.5 Å². The summed E-state index contributed by atoms with van der Waals surface area (Å²) in [4.78, 5) is 4.73. The summed E-state index contributed by atoms with van der Waals surface area (Å²) < 4.78 is 12.5. The molecule has 0 fully saturated rings. The molecule has 27 heavy (non-hydrogen) atoms. The minimum absolute atomic E-state index is 0.654. The average molecular weight is 358 g/mol. The van der Waals surface area contributed by atoms with Crippen molar-refractivity contribution in [2.75, 3.05) is 14.2 Å². The number of hydrogen-bond acceptors (Lipinski definition) is 5. The van der Waals surface area contributed by atoms with E-state index in [0.717, 1.165) is 22.7 Å². The standard InChI is InChI=1S/C21H18N4O2/c1-26-16-12-10-15(11-13-16)20-21(25-14-6-5-9-19(25)22-20)24-23-17-7-3-4-8-18(17)27-2/h3-14H,1-2H3. The molecule has 0 unspecified atom stereocenters. The molecule has 2 aromatic heterocycles. The molecule has 0 bridgehead atoms. The van der Waals surface area contributed by atoms with Crippen molar-refractivity contribution >= 4 is 17.2 Å². The van der Waals surface area contributed by atoms with Crippen molar-refractivity contribution in [3.63, 3.8) is 0 Å². The molecule has 0 aliphatic heterocycles. The van der Waals surface area contributed by atoms with Gasteiger partial charge in [0.15, 0.2) is 5.82 Å². The molecule has 4 rings (SSSR count). The van der Waals surface area contributed by atoms with Crippen LogP contribution in [0.2, 0.25) is 0 Å². The number of benzene rings is 2. The first-order chi connectivity index (χ1) is 13.3. The van der Waals surface area contributed by atoms with E-state index in [4.69, 9.17) is 14.5 Å². The lowest BCUT2D eigenvalue weighted by Crippen LogP contribution is -1.84. The lowest BCUT2D eigenvalue weighted by Gasteiger charge is -2.03. The van der Waals surface area contributed by atoms with Crippen molar-refractivity contribution in [1.29, 1.82) is 0 Å². The summed E-state index contributed by atoms with van der Waals surface area (Å²) >= 11 is 0. The number of methoxy groups -OCH3 is 2. The van der Waals surface area contributed by atoms with E-state index in [1.165, 1.54) is 0 Å². The van der Waals surface area contributed by atoms with Crippen LogP contribution in [0.5, 0.6) is 11.5 Å². The first-order valence-electron chi connectivity index (χ1n) is 8.46. The highest BCUT2D eigenvalue weighted by atomic mass is 16.5. The molecule has 6 heteroatoms. The number of fused-ring (bicyclic) bond motifs is 1. The number of aromatic nitrogens is 2. The van der Waals surface area contributed by atoms with Crippen molar-refractivity contribution in [3.05, 3.63) is 72.9 Å². The first-order valence-corrected chi connectivity index (χ1v) is 8.46. The number of hydrogen-bond donors (Lipinski definition) is 0. The molecule has 0 aliphatic rings. The lowest BCUT2D eigenvalue weighted by atomic mass is 10.1. The van der Waals surface area contributed by atoms with Crippen LogP contribution < -0.4 is 9.47 Å². The monoisotopic (exact) mass is 358 g/mol. The summed E-state index contributed by atoms with van der Waals surface area (Å²) in [7, 11) is 3.26. The SMILES string of the molecule is COc1ccc(-c2nc3ccccn3c2N=Nc2ccccc2OC)cc1. The Balaban J connectivity index is 1.84. The second kappa shape index (κ2) is 7.29. The van der Waals surface area contributed by atoms with Crippen molar-refractivity contribution in [1.82, 2.24) is 9.38 Å². The van der Waals surface area contributed by atoms with Gasteiger partial charge in [-0.2, -0.15) is 0 Å². The van der Waals surface area contributed by atoms with E-state index >= 15 is 0 Å². The van der Waals surface area contributed by atoms with Crippen LogP contribution >= 0.6 is 0 Å². The van der Waals surface area contributed by atoms with Gasteiger partial charge in [-0.05, 0) is 48.5 Å². The maximum atomic E-state index is 5.35. The number of para-hydroxylation sites is 1. The van der Waals surface area contributed by atoms with Crippen molar-refractivity contribution in [2.45, 2.75) is 0 Å². The van der Waals surface area contributed by atoms with Crippen molar-refractivity contribution < 1.29 is 9.47 Å². The molecule has 134 valence electrons. The zero-order chi connectivity index (χ0) is 18.6. The smallest absolute Gasteiger partial charge is 0.187 e. The van der Waals surface area contributed by atoms with Gasteiger partial charge in [-0.3, -0.25) is 4.40 Å². The Labute approximate surface area is 156 Å². The second-order valence-corrected chi connectivity index (χ2v) is 5.81. The van der Waals surface area contributed by atoms with E-state index in [1.807, 2.05) is 77.3 Å². The zero-order valence-corrected chi connectivity index (χ0v) is 15.0. The highest BCUT2D eigenvalue weighted by molar-refractivity contribution is 5.74. The van der Waals surface area contributed by atoms with E-state index in [0.29, 0.717) is 17.3 Å². The van der Waals surface area contributed by atoms with E-state index < -0.39 is 0 Å². The zero-order valence-electron chi connectivity index (χ0n) is 15.0. The minimum atomic E-state index is 0.654. The second-order valence-electron chi connectivity index (χ2n) is 5.81. The average Bonchev–Trinajstić information content (AvgIpc) is 3.11. The van der Waals surface area contributed by atoms with E-state index in [-0.39, 0.29) is 0 Å². The van der Waals surface area contributed by atoms with E-state index in [2.05, 4.69) is 10.2 Å². The van der Waals surface area contributed by atoms with E-state index in [9.17, 15) is 0 Å². The Kier molecular flexibility index (Phi) is 4.53. The van der Waals surface area contributed by atoms with Gasteiger partial charge in [-0.15, -0.1) is 10.2 Å². The summed E-state index contributed by atoms with van der Waals surface area (Å²) in [5.41, 5.74) is 3.15. The number of nitrogens with zero attached hydrogens (tertiary/aromatic N) is 4. The molecule has 0 saturated heterocycles. The third-order valence-corrected chi connectivity index (χ3v) is 4.21. The minimum Gasteiger partial charge on any atom is -0.497 e. The van der Waals surface area contributed by atoms with Crippen molar-refractivity contribution in [3.8, 4) is 22.8 Å². The summed E-state index contributed by atoms with van der Waals surface area (Å²) in [6, 6.07) is 21.1. The fourth-order valence-electron chi connectivity index (χ4n) is 2.83. The van der Waals surface area contributed by atoms with Gasteiger partial charge < -0.3 is 9.47 Å². The molecule has 0 N–H and O–H groups in total. The molecule has 2 aromatic carbocycles. The molecule has 0 saturated carbocycles. The van der Waals surface area contributed by atoms with Gasteiger partial charge >= 0.3 is 0 Å². The molecule has 2 heterocycles. The number of pyridine rings is 1. The number of ether oxygens (including phenoxy) is 2. The van der Waals surface area contributed by atoms with Crippen LogP contribution in [0.25, 0.3) is 16.9 Å². The molecule has 0 aliphatic carbocycles. The lowest BCUT2D eigenvalue weighted by molar-refractivity contribution is 0.415. The van der Waals surface area contributed by atoms with Crippen LogP contribution in [-0.4, -0.2) is 23.6 Å². The fourth-order valence-corrected chi connectivity index (χ4v) is 2.83. The summed E-state index contributed by atoms with van der Waals surface area (Å²) in [5, 5.41) is 8.91. The number of azo groups is 1. The Bertz CT molecular complexity index is 1100. The molecule has 4 aromatic rings. The summed E-state index contributed by atoms with van der Waals surface area (Å²) in [6.07, 6.45) is 1.92. The molecule has 0 atom stereocenters.